The van der Waals surface area contributed by atoms with Gasteiger partial charge in [0, 0.05) is 35.9 Å². The van der Waals surface area contributed by atoms with Crippen LogP contribution in [0.1, 0.15) is 43.7 Å². The highest BCUT2D eigenvalue weighted by molar-refractivity contribution is 9.10. The molecule has 1 aromatic carbocycles. The van der Waals surface area contributed by atoms with Crippen molar-refractivity contribution in [2.24, 2.45) is 15.2 Å². The van der Waals surface area contributed by atoms with E-state index in [1.807, 2.05) is 25.1 Å². The van der Waals surface area contributed by atoms with Crippen molar-refractivity contribution in [3.63, 3.8) is 0 Å². The van der Waals surface area contributed by atoms with Crippen molar-refractivity contribution in [2.75, 3.05) is 24.7 Å². The van der Waals surface area contributed by atoms with Crippen molar-refractivity contribution in [1.82, 2.24) is 4.90 Å². The number of halogens is 1. The zero-order valence-electron chi connectivity index (χ0n) is 15.6. The quantitative estimate of drug-likeness (QED) is 0.676. The molecular weight excluding hydrogens is 426 g/mol. The average molecular weight is 450 g/mol. The number of carbonyl (C=O) groups excluding carboxylic acids is 1. The number of carbonyl (C=O) groups is 1. The first-order chi connectivity index (χ1) is 13.0. The highest BCUT2D eigenvalue weighted by Crippen LogP contribution is 2.44. The van der Waals surface area contributed by atoms with E-state index in [0.717, 1.165) is 28.6 Å². The van der Waals surface area contributed by atoms with Gasteiger partial charge in [0.2, 0.25) is 11.1 Å². The summed E-state index contributed by atoms with van der Waals surface area (Å²) in [5.41, 5.74) is 2.27. The Bertz CT molecular complexity index is 792. The molecule has 0 spiro atoms. The molecule has 1 amide bonds. The van der Waals surface area contributed by atoms with Crippen LogP contribution in [0.2, 0.25) is 0 Å². The Morgan fingerprint density at radius 1 is 1.33 bits per heavy atom. The van der Waals surface area contributed by atoms with Gasteiger partial charge < -0.3 is 9.80 Å². The number of amidine groups is 1. The molecule has 8 heteroatoms. The molecule has 2 heterocycles. The molecule has 0 unspecified atom stereocenters. The monoisotopic (exact) mass is 449 g/mol. The fraction of sp³-hybridized carbons (Fsp3) is 0.579. The van der Waals surface area contributed by atoms with Crippen molar-refractivity contribution < 1.29 is 4.79 Å². The minimum atomic E-state index is -0.0829. The van der Waals surface area contributed by atoms with Crippen LogP contribution in [0, 0.1) is 0 Å². The fourth-order valence-corrected chi connectivity index (χ4v) is 5.22. The van der Waals surface area contributed by atoms with Gasteiger partial charge in [-0.15, -0.1) is 5.11 Å². The summed E-state index contributed by atoms with van der Waals surface area (Å²) in [6.07, 6.45) is 5.90. The second kappa shape index (κ2) is 7.91. The Kier molecular flexibility index (Phi) is 5.55. The van der Waals surface area contributed by atoms with Gasteiger partial charge in [0.25, 0.3) is 0 Å². The third kappa shape index (κ3) is 3.78. The van der Waals surface area contributed by atoms with Gasteiger partial charge in [0.05, 0.1) is 5.75 Å². The third-order valence-electron chi connectivity index (χ3n) is 5.72. The molecule has 0 bridgehead atoms. The topological polar surface area (TPSA) is 60.6 Å². The van der Waals surface area contributed by atoms with Gasteiger partial charge in [-0.1, -0.05) is 47.0 Å². The lowest BCUT2D eigenvalue weighted by Crippen LogP contribution is -2.39. The molecule has 4 rings (SSSR count). The van der Waals surface area contributed by atoms with E-state index in [1.165, 1.54) is 31.0 Å². The van der Waals surface area contributed by atoms with Gasteiger partial charge >= 0.3 is 0 Å². The van der Waals surface area contributed by atoms with Gasteiger partial charge in [0.15, 0.2) is 6.17 Å². The van der Waals surface area contributed by atoms with E-state index in [4.69, 9.17) is 4.99 Å². The SMILES string of the molecule is CN(C(=O)CSC1=N[C@H]2[C@@H](N=N1)c1cc(Br)ccc1N2C)C1CCCCC1. The number of azo groups is 1. The Morgan fingerprint density at radius 2 is 2.11 bits per heavy atom. The third-order valence-corrected chi connectivity index (χ3v) is 7.05. The number of hydrogen-bond acceptors (Lipinski definition) is 6. The molecule has 144 valence electrons. The van der Waals surface area contributed by atoms with Gasteiger partial charge in [-0.3, -0.25) is 4.79 Å². The Morgan fingerprint density at radius 3 is 2.89 bits per heavy atom. The molecule has 2 aliphatic heterocycles. The molecular formula is C19H24BrN5OS. The van der Waals surface area contributed by atoms with Gasteiger partial charge in [0.1, 0.15) is 6.04 Å². The normalized spacial score (nSPS) is 24.4. The molecule has 0 saturated heterocycles. The van der Waals surface area contributed by atoms with Crippen LogP contribution in [-0.4, -0.2) is 48.0 Å². The molecule has 27 heavy (non-hydrogen) atoms. The highest BCUT2D eigenvalue weighted by atomic mass is 79.9. The first-order valence-corrected chi connectivity index (χ1v) is 11.2. The lowest BCUT2D eigenvalue weighted by atomic mass is 9.94. The summed E-state index contributed by atoms with van der Waals surface area (Å²) in [6, 6.07) is 6.51. The van der Waals surface area contributed by atoms with E-state index in [1.54, 1.807) is 0 Å². The van der Waals surface area contributed by atoms with E-state index >= 15 is 0 Å². The number of thioether (sulfide) groups is 1. The summed E-state index contributed by atoms with van der Waals surface area (Å²) in [4.78, 5) is 21.4. The summed E-state index contributed by atoms with van der Waals surface area (Å²) in [5.74, 6) is 0.517. The van der Waals surface area contributed by atoms with Crippen molar-refractivity contribution in [2.45, 2.75) is 50.4 Å². The number of hydrogen-bond donors (Lipinski definition) is 0. The number of aliphatic imine (C=N–C) groups is 1. The summed E-state index contributed by atoms with van der Waals surface area (Å²) in [7, 11) is 3.96. The van der Waals surface area contributed by atoms with E-state index < -0.39 is 0 Å². The summed E-state index contributed by atoms with van der Waals surface area (Å²) in [5, 5.41) is 9.41. The lowest BCUT2D eigenvalue weighted by Gasteiger charge is -2.31. The zero-order valence-corrected chi connectivity index (χ0v) is 18.0. The van der Waals surface area contributed by atoms with E-state index in [9.17, 15) is 4.79 Å². The van der Waals surface area contributed by atoms with Crippen LogP contribution < -0.4 is 4.90 Å². The number of anilines is 1. The highest BCUT2D eigenvalue weighted by Gasteiger charge is 2.39. The molecule has 1 aromatic rings. The van der Waals surface area contributed by atoms with E-state index in [2.05, 4.69) is 43.2 Å². The molecule has 0 N–H and O–H groups in total. The van der Waals surface area contributed by atoms with Crippen molar-refractivity contribution >= 4 is 44.5 Å². The van der Waals surface area contributed by atoms with Crippen LogP contribution in [0.25, 0.3) is 0 Å². The summed E-state index contributed by atoms with van der Waals surface area (Å²) < 4.78 is 1.03. The van der Waals surface area contributed by atoms with E-state index in [0.29, 0.717) is 17.0 Å². The zero-order chi connectivity index (χ0) is 19.0. The van der Waals surface area contributed by atoms with Crippen molar-refractivity contribution in [1.29, 1.82) is 0 Å². The average Bonchev–Trinajstić information content (AvgIpc) is 2.97. The molecule has 0 aromatic heterocycles. The number of nitrogens with zero attached hydrogens (tertiary/aromatic N) is 5. The minimum absolute atomic E-state index is 0.0764. The van der Waals surface area contributed by atoms with Crippen LogP contribution in [0.15, 0.2) is 37.9 Å². The maximum atomic E-state index is 12.6. The van der Waals surface area contributed by atoms with Gasteiger partial charge in [-0.2, -0.15) is 5.11 Å². The first kappa shape index (κ1) is 18.9. The smallest absolute Gasteiger partial charge is 0.233 e. The Hall–Kier alpha value is -1.41. The van der Waals surface area contributed by atoms with Crippen LogP contribution in [-0.2, 0) is 4.79 Å². The second-order valence-electron chi connectivity index (χ2n) is 7.38. The second-order valence-corrected chi connectivity index (χ2v) is 9.24. The van der Waals surface area contributed by atoms with Crippen molar-refractivity contribution in [3.05, 3.63) is 28.2 Å². The largest absolute Gasteiger partial charge is 0.350 e. The van der Waals surface area contributed by atoms with Gasteiger partial charge in [-0.05, 0) is 31.0 Å². The van der Waals surface area contributed by atoms with Crippen molar-refractivity contribution in [3.8, 4) is 0 Å². The Balaban J connectivity index is 1.39. The fourth-order valence-electron chi connectivity index (χ4n) is 4.09. The van der Waals surface area contributed by atoms with Crippen LogP contribution in [0.4, 0.5) is 5.69 Å². The Labute approximate surface area is 172 Å². The van der Waals surface area contributed by atoms with Crippen LogP contribution in [0.5, 0.6) is 0 Å². The predicted molar refractivity (Wildman–Crippen MR) is 113 cm³/mol. The minimum Gasteiger partial charge on any atom is -0.350 e. The maximum absolute atomic E-state index is 12.6. The van der Waals surface area contributed by atoms with Crippen LogP contribution >= 0.6 is 27.7 Å². The molecule has 0 radical (unpaired) electrons. The first-order valence-electron chi connectivity index (χ1n) is 9.44. The number of likely N-dealkylation sites (N-methyl/N-ethyl adjacent to an activating group) is 1. The summed E-state index contributed by atoms with van der Waals surface area (Å²) >= 11 is 4.92. The molecule has 1 fully saturated rings. The molecule has 2 atom stereocenters. The number of rotatable bonds is 3. The van der Waals surface area contributed by atoms with Gasteiger partial charge in [-0.25, -0.2) is 4.99 Å². The molecule has 1 aliphatic carbocycles. The summed E-state index contributed by atoms with van der Waals surface area (Å²) in [6.45, 7) is 0. The standard InChI is InChI=1S/C19H24BrN5OS/c1-24(13-6-4-3-5-7-13)16(26)11-27-19-21-18-17(22-23-19)14-10-12(20)8-9-15(14)25(18)2/h8-10,13,17-18H,3-7,11H2,1-2H3/t17-,18+/m0/s1. The van der Waals surface area contributed by atoms with E-state index in [-0.39, 0.29) is 18.1 Å². The molecule has 1 saturated carbocycles. The molecule has 3 aliphatic rings. The predicted octanol–water partition coefficient (Wildman–Crippen LogP) is 4.61. The van der Waals surface area contributed by atoms with Crippen LogP contribution in [0.3, 0.4) is 0 Å². The number of amides is 1. The number of benzene rings is 1. The maximum Gasteiger partial charge on any atom is 0.233 e. The lowest BCUT2D eigenvalue weighted by molar-refractivity contribution is -0.129. The number of fused-ring (bicyclic) bond motifs is 3. The molecule has 6 nitrogen and oxygen atoms in total.